The van der Waals surface area contributed by atoms with E-state index in [9.17, 15) is 9.90 Å². The first-order valence-corrected chi connectivity index (χ1v) is 12.7. The molecule has 6 unspecified atom stereocenters. The van der Waals surface area contributed by atoms with Gasteiger partial charge in [0, 0.05) is 49.7 Å². The molecule has 3 heterocycles. The lowest BCUT2D eigenvalue weighted by Gasteiger charge is -2.35. The average Bonchev–Trinajstić information content (AvgIpc) is 3.67. The molecule has 3 aliphatic heterocycles. The summed E-state index contributed by atoms with van der Waals surface area (Å²) in [5.74, 6) is -0.628. The molecule has 0 amide bonds. The lowest BCUT2D eigenvalue weighted by Crippen LogP contribution is -2.59. The Bertz CT molecular complexity index is 548. The lowest BCUT2D eigenvalue weighted by molar-refractivity contribution is -0.156. The molecule has 188 valence electrons. The van der Waals surface area contributed by atoms with Crippen molar-refractivity contribution in [1.82, 2.24) is 14.7 Å². The van der Waals surface area contributed by atoms with Gasteiger partial charge in [-0.2, -0.15) is 0 Å². The van der Waals surface area contributed by atoms with Crippen molar-refractivity contribution in [3.63, 3.8) is 0 Å². The van der Waals surface area contributed by atoms with Crippen LogP contribution in [-0.4, -0.2) is 111 Å². The molecule has 3 aliphatic rings. The maximum atomic E-state index is 12.4. The van der Waals surface area contributed by atoms with E-state index < -0.39 is 17.0 Å². The summed E-state index contributed by atoms with van der Waals surface area (Å²) in [5, 5.41) is 36.2. The van der Waals surface area contributed by atoms with E-state index in [-0.39, 0.29) is 19.8 Å². The van der Waals surface area contributed by atoms with Gasteiger partial charge in [0.15, 0.2) is 5.66 Å². The minimum absolute atomic E-state index is 0.156. The molecular formula is C24H47N3O5. The van der Waals surface area contributed by atoms with E-state index in [1.807, 2.05) is 6.92 Å². The summed E-state index contributed by atoms with van der Waals surface area (Å²) in [5.41, 5.74) is -1.43. The van der Waals surface area contributed by atoms with Crippen LogP contribution >= 0.6 is 0 Å². The fraction of sp³-hybridized carbons (Fsp3) is 0.958. The van der Waals surface area contributed by atoms with Crippen LogP contribution in [0, 0.1) is 5.41 Å². The molecule has 4 N–H and O–H groups in total. The maximum Gasteiger partial charge on any atom is 0.340 e. The third kappa shape index (κ3) is 6.21. The van der Waals surface area contributed by atoms with E-state index >= 15 is 0 Å². The number of aliphatic carboxylic acids is 1. The van der Waals surface area contributed by atoms with Crippen LogP contribution in [0.1, 0.15) is 72.6 Å². The molecule has 0 aliphatic carbocycles. The summed E-state index contributed by atoms with van der Waals surface area (Å²) in [6.07, 6.45) is 7.50. The number of carboxylic acids is 1. The van der Waals surface area contributed by atoms with Crippen molar-refractivity contribution < 1.29 is 25.2 Å². The average molecular weight is 458 g/mol. The Morgan fingerprint density at radius 2 is 1.22 bits per heavy atom. The van der Waals surface area contributed by atoms with E-state index in [0.29, 0.717) is 31.1 Å². The lowest BCUT2D eigenvalue weighted by atomic mass is 9.88. The SMILES string of the molecule is CCC(CO)(CO)CO.CCCC1CN1CC(C(=O)O)(N1CC1CCC)N1CC1CCC. The van der Waals surface area contributed by atoms with Crippen molar-refractivity contribution in [1.29, 1.82) is 0 Å². The van der Waals surface area contributed by atoms with Gasteiger partial charge in [-0.1, -0.05) is 47.0 Å². The number of hydrogen-bond donors (Lipinski definition) is 4. The third-order valence-electron chi connectivity index (χ3n) is 7.60. The van der Waals surface area contributed by atoms with E-state index in [2.05, 4.69) is 35.5 Å². The van der Waals surface area contributed by atoms with Gasteiger partial charge in [0.25, 0.3) is 0 Å². The quantitative estimate of drug-likeness (QED) is 0.275. The summed E-state index contributed by atoms with van der Waals surface area (Å²) >= 11 is 0. The molecule has 0 aromatic carbocycles. The van der Waals surface area contributed by atoms with Crippen LogP contribution in [0.3, 0.4) is 0 Å². The molecule has 3 saturated heterocycles. The molecular weight excluding hydrogens is 410 g/mol. The van der Waals surface area contributed by atoms with E-state index in [0.717, 1.165) is 45.3 Å². The Morgan fingerprint density at radius 3 is 1.53 bits per heavy atom. The highest BCUT2D eigenvalue weighted by Gasteiger charge is 2.65. The second-order valence-corrected chi connectivity index (χ2v) is 10.0. The predicted octanol–water partition coefficient (Wildman–Crippen LogP) is 1.58. The highest BCUT2D eigenvalue weighted by atomic mass is 16.4. The van der Waals surface area contributed by atoms with Gasteiger partial charge in [-0.3, -0.25) is 14.7 Å². The molecule has 0 aromatic rings. The Labute approximate surface area is 194 Å². The molecule has 0 spiro atoms. The second kappa shape index (κ2) is 12.1. The number of aliphatic hydroxyl groups is 3. The number of rotatable bonds is 15. The largest absolute Gasteiger partial charge is 0.479 e. The number of hydrogen-bond acceptors (Lipinski definition) is 7. The smallest absolute Gasteiger partial charge is 0.340 e. The first-order valence-electron chi connectivity index (χ1n) is 12.7. The van der Waals surface area contributed by atoms with Crippen LogP contribution in [0.25, 0.3) is 0 Å². The highest BCUT2D eigenvalue weighted by Crippen LogP contribution is 2.44. The van der Waals surface area contributed by atoms with Gasteiger partial charge >= 0.3 is 5.97 Å². The zero-order valence-corrected chi connectivity index (χ0v) is 20.7. The molecule has 32 heavy (non-hydrogen) atoms. The van der Waals surface area contributed by atoms with Crippen molar-refractivity contribution in [2.45, 2.75) is 96.4 Å². The van der Waals surface area contributed by atoms with Gasteiger partial charge in [0.05, 0.1) is 19.8 Å². The molecule has 0 radical (unpaired) electrons. The predicted molar refractivity (Wildman–Crippen MR) is 125 cm³/mol. The first kappa shape index (κ1) is 27.5. The molecule has 0 aromatic heterocycles. The molecule has 0 bridgehead atoms. The zero-order valence-electron chi connectivity index (χ0n) is 20.7. The van der Waals surface area contributed by atoms with Gasteiger partial charge in [0.2, 0.25) is 0 Å². The molecule has 8 heteroatoms. The van der Waals surface area contributed by atoms with Crippen molar-refractivity contribution in [2.75, 3.05) is 46.0 Å². The second-order valence-electron chi connectivity index (χ2n) is 10.0. The van der Waals surface area contributed by atoms with Crippen molar-refractivity contribution in [2.24, 2.45) is 5.41 Å². The molecule has 6 atom stereocenters. The van der Waals surface area contributed by atoms with E-state index in [1.165, 1.54) is 12.8 Å². The zero-order chi connectivity index (χ0) is 23.9. The van der Waals surface area contributed by atoms with Gasteiger partial charge in [-0.15, -0.1) is 0 Å². The fourth-order valence-electron chi connectivity index (χ4n) is 4.88. The Hall–Kier alpha value is -0.770. The van der Waals surface area contributed by atoms with Crippen LogP contribution in [0.2, 0.25) is 0 Å². The van der Waals surface area contributed by atoms with E-state index in [4.69, 9.17) is 15.3 Å². The number of carbonyl (C=O) groups is 1. The van der Waals surface area contributed by atoms with Gasteiger partial charge < -0.3 is 20.4 Å². The summed E-state index contributed by atoms with van der Waals surface area (Å²) in [4.78, 5) is 19.3. The fourth-order valence-corrected chi connectivity index (χ4v) is 4.88. The normalized spacial score (nSPS) is 32.5. The summed E-state index contributed by atoms with van der Waals surface area (Å²) in [6, 6.07) is 1.57. The number of aliphatic hydroxyl groups excluding tert-OH is 3. The van der Waals surface area contributed by atoms with Gasteiger partial charge in [-0.05, 0) is 25.7 Å². The van der Waals surface area contributed by atoms with Gasteiger partial charge in [0.1, 0.15) is 0 Å². The van der Waals surface area contributed by atoms with Crippen LogP contribution in [0.5, 0.6) is 0 Å². The Balaban J connectivity index is 0.000000344. The number of carboxylic acid groups (broad SMARTS) is 1. The Kier molecular flexibility index (Phi) is 10.4. The molecule has 8 nitrogen and oxygen atoms in total. The summed E-state index contributed by atoms with van der Waals surface area (Å²) in [6.45, 7) is 11.6. The summed E-state index contributed by atoms with van der Waals surface area (Å²) < 4.78 is 0. The van der Waals surface area contributed by atoms with Crippen molar-refractivity contribution >= 4 is 5.97 Å². The Morgan fingerprint density at radius 1 is 0.781 bits per heavy atom. The van der Waals surface area contributed by atoms with Crippen molar-refractivity contribution in [3.05, 3.63) is 0 Å². The van der Waals surface area contributed by atoms with E-state index in [1.54, 1.807) is 0 Å². The minimum atomic E-state index is -0.762. The molecule has 3 rings (SSSR count). The first-order chi connectivity index (χ1) is 15.3. The molecule has 3 fully saturated rings. The molecule has 0 saturated carbocycles. The van der Waals surface area contributed by atoms with Crippen LogP contribution < -0.4 is 0 Å². The maximum absolute atomic E-state index is 12.4. The third-order valence-corrected chi connectivity index (χ3v) is 7.60. The summed E-state index contributed by atoms with van der Waals surface area (Å²) in [7, 11) is 0. The van der Waals surface area contributed by atoms with Gasteiger partial charge in [-0.25, -0.2) is 4.79 Å². The highest BCUT2D eigenvalue weighted by molar-refractivity contribution is 5.80. The number of nitrogens with zero attached hydrogens (tertiary/aromatic N) is 3. The topological polar surface area (TPSA) is 107 Å². The minimum Gasteiger partial charge on any atom is -0.479 e. The van der Waals surface area contributed by atoms with Crippen LogP contribution in [0.4, 0.5) is 0 Å². The monoisotopic (exact) mass is 457 g/mol. The standard InChI is InChI=1S/C18H33N3O2.C6H14O3/c1-4-7-14-10-19(14)13-18(17(22)23,20-11-15(20)8-5-2)21-12-16(21)9-6-3;1-2-6(3-7,4-8)5-9/h14-16H,4-13H2,1-3H3,(H,22,23);7-9H,2-5H2,1H3. The van der Waals surface area contributed by atoms with Crippen molar-refractivity contribution in [3.8, 4) is 0 Å². The van der Waals surface area contributed by atoms with Crippen LogP contribution in [-0.2, 0) is 4.79 Å². The van der Waals surface area contributed by atoms with Crippen LogP contribution in [0.15, 0.2) is 0 Å².